The minimum atomic E-state index is -1.43. The highest BCUT2D eigenvalue weighted by atomic mass is 16.4. The van der Waals surface area contributed by atoms with Crippen LogP contribution in [0.4, 0.5) is 0 Å². The van der Waals surface area contributed by atoms with Crippen molar-refractivity contribution in [2.24, 2.45) is 11.8 Å². The zero-order valence-electron chi connectivity index (χ0n) is 22.6. The van der Waals surface area contributed by atoms with Crippen LogP contribution in [0.1, 0.15) is 53.9 Å². The molecule has 0 aromatic carbocycles. The van der Waals surface area contributed by atoms with E-state index in [1.54, 1.807) is 13.8 Å². The summed E-state index contributed by atoms with van der Waals surface area (Å²) in [6.07, 6.45) is 1.73. The number of carboxylic acid groups (broad SMARTS) is 1. The van der Waals surface area contributed by atoms with Gasteiger partial charge in [-0.1, -0.05) is 27.7 Å². The third-order valence-electron chi connectivity index (χ3n) is 5.95. The molecular weight excluding hydrogens is 500 g/mol. The molecule has 1 saturated heterocycles. The van der Waals surface area contributed by atoms with Crippen LogP contribution in [0, 0.1) is 11.8 Å². The molecule has 1 aliphatic rings. The normalized spacial score (nSPS) is 18.2. The van der Waals surface area contributed by atoms with Crippen LogP contribution in [0.25, 0.3) is 0 Å². The fourth-order valence-corrected chi connectivity index (χ4v) is 3.79. The Labute approximate surface area is 222 Å². The predicted molar refractivity (Wildman–Crippen MR) is 136 cm³/mol. The van der Waals surface area contributed by atoms with Crippen molar-refractivity contribution in [3.8, 4) is 0 Å². The number of hydrogen-bond acceptors (Lipinski definition) is 8. The molecule has 1 fully saturated rings. The van der Waals surface area contributed by atoms with E-state index < -0.39 is 72.8 Å². The van der Waals surface area contributed by atoms with E-state index in [2.05, 4.69) is 31.9 Å². The highest BCUT2D eigenvalue weighted by molar-refractivity contribution is 5.95. The number of aliphatic hydroxyl groups is 1. The van der Waals surface area contributed by atoms with Gasteiger partial charge in [-0.25, -0.2) is 4.79 Å². The number of rotatable bonds is 15. The van der Waals surface area contributed by atoms with Crippen LogP contribution in [0.5, 0.6) is 0 Å². The molecule has 0 bridgehead atoms. The molecule has 5 amide bonds. The molecule has 1 heterocycles. The van der Waals surface area contributed by atoms with Gasteiger partial charge in [0.25, 0.3) is 0 Å². The van der Waals surface area contributed by atoms with Crippen LogP contribution >= 0.6 is 0 Å². The molecule has 216 valence electrons. The lowest BCUT2D eigenvalue weighted by atomic mass is 10.00. The molecule has 14 nitrogen and oxygen atoms in total. The van der Waals surface area contributed by atoms with Crippen molar-refractivity contribution in [1.82, 2.24) is 31.9 Å². The van der Waals surface area contributed by atoms with Gasteiger partial charge in [-0.2, -0.15) is 0 Å². The summed E-state index contributed by atoms with van der Waals surface area (Å²) in [6, 6.07) is -4.95. The maximum absolute atomic E-state index is 12.7. The van der Waals surface area contributed by atoms with Gasteiger partial charge >= 0.3 is 5.97 Å². The molecule has 0 unspecified atom stereocenters. The summed E-state index contributed by atoms with van der Waals surface area (Å²) >= 11 is 0. The molecule has 1 aliphatic heterocycles. The summed E-state index contributed by atoms with van der Waals surface area (Å²) in [5.41, 5.74) is 0. The van der Waals surface area contributed by atoms with E-state index in [1.165, 1.54) is 6.92 Å². The molecule has 0 aliphatic carbocycles. The summed E-state index contributed by atoms with van der Waals surface area (Å²) in [7, 11) is 0. The van der Waals surface area contributed by atoms with E-state index in [-0.39, 0.29) is 24.3 Å². The Balaban J connectivity index is 2.63. The lowest BCUT2D eigenvalue weighted by Gasteiger charge is -2.26. The zero-order valence-corrected chi connectivity index (χ0v) is 22.6. The van der Waals surface area contributed by atoms with Crippen LogP contribution in [0.3, 0.4) is 0 Å². The average Bonchev–Trinajstić information content (AvgIpc) is 3.38. The van der Waals surface area contributed by atoms with Crippen molar-refractivity contribution in [3.05, 3.63) is 0 Å². The van der Waals surface area contributed by atoms with E-state index in [9.17, 15) is 39.0 Å². The van der Waals surface area contributed by atoms with Crippen LogP contribution in [-0.4, -0.2) is 95.6 Å². The number of nitrogens with one attached hydrogen (secondary N) is 6. The molecule has 14 heteroatoms. The second-order valence-corrected chi connectivity index (χ2v) is 10.2. The van der Waals surface area contributed by atoms with Crippen molar-refractivity contribution in [1.29, 1.82) is 0 Å². The number of aliphatic carboxylic acids is 1. The third kappa shape index (κ3) is 11.0. The molecule has 0 spiro atoms. The Bertz CT molecular complexity index is 859. The van der Waals surface area contributed by atoms with Gasteiger partial charge < -0.3 is 42.1 Å². The Morgan fingerprint density at radius 2 is 1.53 bits per heavy atom. The number of hydrogen-bond donors (Lipinski definition) is 8. The molecule has 0 radical (unpaired) electrons. The van der Waals surface area contributed by atoms with Gasteiger partial charge in [0.2, 0.25) is 29.5 Å². The van der Waals surface area contributed by atoms with Crippen molar-refractivity contribution in [2.75, 3.05) is 19.7 Å². The maximum Gasteiger partial charge on any atom is 0.326 e. The first-order valence-electron chi connectivity index (χ1n) is 12.8. The third-order valence-corrected chi connectivity index (χ3v) is 5.95. The summed E-state index contributed by atoms with van der Waals surface area (Å²) in [5.74, 6) is -4.90. The minimum absolute atomic E-state index is 0.00141. The number of carbonyl (C=O) groups is 6. The van der Waals surface area contributed by atoms with Crippen molar-refractivity contribution in [3.63, 3.8) is 0 Å². The summed E-state index contributed by atoms with van der Waals surface area (Å²) in [5, 5.41) is 34.1. The molecular formula is C24H42N6O8. The standard InChI is InChI=1S/C24H42N6O8/c1-12(2)9-16(24(37)38)29-23(36)19(13(3)4)30-22(35)17(11-31)28-18(32)10-26-20(33)14(5)27-21(34)15-7-6-8-25-15/h12-17,19,25,31H,6-11H2,1-5H3,(H,26,33)(H,27,34)(H,28,32)(H,29,36)(H,30,35)(H,37,38)/t14-,15-,16-,17-,19-/m0/s1. The van der Waals surface area contributed by atoms with Crippen LogP contribution in [-0.2, 0) is 28.8 Å². The first-order chi connectivity index (χ1) is 17.8. The second-order valence-electron chi connectivity index (χ2n) is 10.2. The second kappa shape index (κ2) is 15.9. The zero-order chi connectivity index (χ0) is 29.0. The summed E-state index contributed by atoms with van der Waals surface area (Å²) in [4.78, 5) is 73.6. The first kappa shape index (κ1) is 32.8. The van der Waals surface area contributed by atoms with Gasteiger partial charge in [-0.3, -0.25) is 24.0 Å². The van der Waals surface area contributed by atoms with Gasteiger partial charge in [0.15, 0.2) is 0 Å². The molecule has 0 aromatic heterocycles. The SMILES string of the molecule is CC(C)C[C@H](NC(=O)[C@@H](NC(=O)[C@H](CO)NC(=O)CNC(=O)[C@H](C)NC(=O)[C@@H]1CCCN1)C(C)C)C(=O)O. The van der Waals surface area contributed by atoms with Crippen molar-refractivity contribution in [2.45, 2.75) is 84.1 Å². The Morgan fingerprint density at radius 1 is 0.868 bits per heavy atom. The van der Waals surface area contributed by atoms with E-state index in [0.717, 1.165) is 13.0 Å². The maximum atomic E-state index is 12.7. The predicted octanol–water partition coefficient (Wildman–Crippen LogP) is -2.41. The van der Waals surface area contributed by atoms with Crippen molar-refractivity contribution >= 4 is 35.5 Å². The van der Waals surface area contributed by atoms with E-state index in [4.69, 9.17) is 0 Å². The molecule has 8 N–H and O–H groups in total. The lowest BCUT2D eigenvalue weighted by Crippen LogP contribution is -2.59. The number of amides is 5. The monoisotopic (exact) mass is 542 g/mol. The van der Waals surface area contributed by atoms with Crippen LogP contribution in [0.2, 0.25) is 0 Å². The topological polar surface area (TPSA) is 215 Å². The number of carbonyl (C=O) groups excluding carboxylic acids is 5. The molecule has 0 aromatic rings. The van der Waals surface area contributed by atoms with Gasteiger partial charge in [0, 0.05) is 0 Å². The highest BCUT2D eigenvalue weighted by Crippen LogP contribution is 2.08. The van der Waals surface area contributed by atoms with Crippen LogP contribution in [0.15, 0.2) is 0 Å². The molecule has 5 atom stereocenters. The van der Waals surface area contributed by atoms with Crippen molar-refractivity contribution < 1.29 is 39.0 Å². The van der Waals surface area contributed by atoms with Crippen LogP contribution < -0.4 is 31.9 Å². The Kier molecular flexibility index (Phi) is 13.7. The average molecular weight is 543 g/mol. The first-order valence-corrected chi connectivity index (χ1v) is 12.8. The minimum Gasteiger partial charge on any atom is -0.480 e. The van der Waals surface area contributed by atoms with Gasteiger partial charge in [0.1, 0.15) is 24.2 Å². The highest BCUT2D eigenvalue weighted by Gasteiger charge is 2.31. The summed E-state index contributed by atoms with van der Waals surface area (Å²) < 4.78 is 0. The molecule has 1 rings (SSSR count). The molecule has 38 heavy (non-hydrogen) atoms. The largest absolute Gasteiger partial charge is 0.480 e. The molecule has 0 saturated carbocycles. The number of aliphatic hydroxyl groups excluding tert-OH is 1. The smallest absolute Gasteiger partial charge is 0.326 e. The number of carboxylic acids is 1. The Morgan fingerprint density at radius 3 is 2.03 bits per heavy atom. The fourth-order valence-electron chi connectivity index (χ4n) is 3.79. The van der Waals surface area contributed by atoms with Gasteiger partial charge in [-0.05, 0) is 44.6 Å². The van der Waals surface area contributed by atoms with Gasteiger partial charge in [-0.15, -0.1) is 0 Å². The van der Waals surface area contributed by atoms with Gasteiger partial charge in [0.05, 0.1) is 19.2 Å². The lowest BCUT2D eigenvalue weighted by molar-refractivity contribution is -0.143. The quantitative estimate of drug-likeness (QED) is 0.110. The van der Waals surface area contributed by atoms with E-state index in [1.807, 2.05) is 13.8 Å². The van der Waals surface area contributed by atoms with E-state index in [0.29, 0.717) is 6.42 Å². The van der Waals surface area contributed by atoms with E-state index >= 15 is 0 Å². The summed E-state index contributed by atoms with van der Waals surface area (Å²) in [6.45, 7) is 7.80. The Hall–Kier alpha value is -3.26. The fraction of sp³-hybridized carbons (Fsp3) is 0.750.